The fourth-order valence-electron chi connectivity index (χ4n) is 2.50. The predicted molar refractivity (Wildman–Crippen MR) is 84.7 cm³/mol. The zero-order valence-corrected chi connectivity index (χ0v) is 13.9. The third-order valence-electron chi connectivity index (χ3n) is 3.62. The van der Waals surface area contributed by atoms with Crippen LogP contribution in [-0.2, 0) is 0 Å². The molecule has 1 unspecified atom stereocenters. The standard InChI is InChI=1S/C15H19BrN4O/c1-18(2)15(21)20-8-6-19(7-9-20)14(11-17)12-4-3-5-13(16)10-12/h3-5,10,14H,6-9H2,1-2H3. The van der Waals surface area contributed by atoms with E-state index < -0.39 is 0 Å². The number of piperazine rings is 1. The molecule has 0 N–H and O–H groups in total. The number of halogens is 1. The minimum Gasteiger partial charge on any atom is -0.331 e. The Hall–Kier alpha value is -1.58. The second-order valence-electron chi connectivity index (χ2n) is 5.29. The van der Waals surface area contributed by atoms with Crippen molar-refractivity contribution in [1.29, 1.82) is 5.26 Å². The molecule has 1 fully saturated rings. The lowest BCUT2D eigenvalue weighted by Gasteiger charge is -2.37. The molecule has 1 aromatic carbocycles. The van der Waals surface area contributed by atoms with Crippen molar-refractivity contribution in [2.75, 3.05) is 40.3 Å². The van der Waals surface area contributed by atoms with Crippen LogP contribution in [0.1, 0.15) is 11.6 Å². The van der Waals surface area contributed by atoms with Crippen molar-refractivity contribution >= 4 is 22.0 Å². The van der Waals surface area contributed by atoms with Crippen molar-refractivity contribution in [3.05, 3.63) is 34.3 Å². The third kappa shape index (κ3) is 3.74. The van der Waals surface area contributed by atoms with E-state index in [2.05, 4.69) is 26.9 Å². The fraction of sp³-hybridized carbons (Fsp3) is 0.467. The van der Waals surface area contributed by atoms with Gasteiger partial charge < -0.3 is 9.80 Å². The zero-order valence-electron chi connectivity index (χ0n) is 12.3. The number of carbonyl (C=O) groups is 1. The van der Waals surface area contributed by atoms with E-state index in [9.17, 15) is 10.1 Å². The highest BCUT2D eigenvalue weighted by Gasteiger charge is 2.27. The molecule has 112 valence electrons. The Morgan fingerprint density at radius 2 is 2.00 bits per heavy atom. The van der Waals surface area contributed by atoms with Crippen LogP contribution in [0.2, 0.25) is 0 Å². The maximum Gasteiger partial charge on any atom is 0.319 e. The average molecular weight is 351 g/mol. The number of hydrogen-bond acceptors (Lipinski definition) is 3. The van der Waals surface area contributed by atoms with E-state index in [1.54, 1.807) is 19.0 Å². The number of rotatable bonds is 2. The molecule has 0 radical (unpaired) electrons. The highest BCUT2D eigenvalue weighted by Crippen LogP contribution is 2.24. The number of benzene rings is 1. The zero-order chi connectivity index (χ0) is 15.4. The number of hydrogen-bond donors (Lipinski definition) is 0. The van der Waals surface area contributed by atoms with Gasteiger partial charge in [0.2, 0.25) is 0 Å². The van der Waals surface area contributed by atoms with E-state index in [0.717, 1.165) is 10.0 Å². The van der Waals surface area contributed by atoms with Gasteiger partial charge in [-0.2, -0.15) is 5.26 Å². The van der Waals surface area contributed by atoms with Crippen molar-refractivity contribution < 1.29 is 4.79 Å². The van der Waals surface area contributed by atoms with Gasteiger partial charge in [-0.25, -0.2) is 4.79 Å². The molecule has 0 aliphatic carbocycles. The van der Waals surface area contributed by atoms with Crippen LogP contribution in [-0.4, -0.2) is 61.0 Å². The molecule has 0 spiro atoms. The summed E-state index contributed by atoms with van der Waals surface area (Å²) in [6.07, 6.45) is 0. The first-order valence-electron chi connectivity index (χ1n) is 6.88. The van der Waals surface area contributed by atoms with Gasteiger partial charge in [0.25, 0.3) is 0 Å². The molecule has 1 aromatic rings. The monoisotopic (exact) mass is 350 g/mol. The highest BCUT2D eigenvalue weighted by atomic mass is 79.9. The second-order valence-corrected chi connectivity index (χ2v) is 6.20. The van der Waals surface area contributed by atoms with Gasteiger partial charge >= 0.3 is 6.03 Å². The van der Waals surface area contributed by atoms with Gasteiger partial charge in [0, 0.05) is 44.7 Å². The van der Waals surface area contributed by atoms with E-state index >= 15 is 0 Å². The van der Waals surface area contributed by atoms with E-state index in [1.165, 1.54) is 0 Å². The van der Waals surface area contributed by atoms with Crippen LogP contribution in [0, 0.1) is 11.3 Å². The Balaban J connectivity index is 2.03. The van der Waals surface area contributed by atoms with Crippen molar-refractivity contribution in [2.24, 2.45) is 0 Å². The Morgan fingerprint density at radius 3 is 2.52 bits per heavy atom. The minimum absolute atomic E-state index is 0.0330. The van der Waals surface area contributed by atoms with Crippen molar-refractivity contribution in [2.45, 2.75) is 6.04 Å². The van der Waals surface area contributed by atoms with E-state index in [-0.39, 0.29) is 12.1 Å². The Labute approximate surface area is 133 Å². The summed E-state index contributed by atoms with van der Waals surface area (Å²) in [4.78, 5) is 17.5. The fourth-order valence-corrected chi connectivity index (χ4v) is 2.91. The minimum atomic E-state index is -0.265. The summed E-state index contributed by atoms with van der Waals surface area (Å²) < 4.78 is 0.974. The first kappa shape index (κ1) is 15.8. The summed E-state index contributed by atoms with van der Waals surface area (Å²) in [5.74, 6) is 0. The van der Waals surface area contributed by atoms with Crippen LogP contribution in [0.4, 0.5) is 4.79 Å². The van der Waals surface area contributed by atoms with Gasteiger partial charge in [0.05, 0.1) is 6.07 Å². The van der Waals surface area contributed by atoms with Gasteiger partial charge in [-0.1, -0.05) is 28.1 Å². The van der Waals surface area contributed by atoms with Crippen LogP contribution in [0.3, 0.4) is 0 Å². The SMILES string of the molecule is CN(C)C(=O)N1CCN(C(C#N)c2cccc(Br)c2)CC1. The Kier molecular flexibility index (Phi) is 5.21. The smallest absolute Gasteiger partial charge is 0.319 e. The molecule has 1 aliphatic rings. The summed E-state index contributed by atoms with van der Waals surface area (Å²) in [6, 6.07) is 9.98. The normalized spacial score (nSPS) is 17.1. The molecule has 1 heterocycles. The first-order valence-corrected chi connectivity index (χ1v) is 7.67. The molecular formula is C15H19BrN4O. The molecule has 1 atom stereocenters. The van der Waals surface area contributed by atoms with E-state index in [1.807, 2.05) is 29.2 Å². The first-order chi connectivity index (χ1) is 10.0. The van der Waals surface area contributed by atoms with Gasteiger partial charge in [-0.3, -0.25) is 4.90 Å². The number of urea groups is 1. The number of amides is 2. The quantitative estimate of drug-likeness (QED) is 0.822. The Bertz CT molecular complexity index is 547. The maximum absolute atomic E-state index is 11.9. The van der Waals surface area contributed by atoms with Crippen LogP contribution >= 0.6 is 15.9 Å². The molecule has 1 saturated heterocycles. The lowest BCUT2D eigenvalue weighted by atomic mass is 10.1. The summed E-state index contributed by atoms with van der Waals surface area (Å²) in [5, 5.41) is 9.49. The molecule has 1 aliphatic heterocycles. The Morgan fingerprint density at radius 1 is 1.33 bits per heavy atom. The number of nitriles is 1. The van der Waals surface area contributed by atoms with Crippen molar-refractivity contribution in [3.63, 3.8) is 0 Å². The van der Waals surface area contributed by atoms with Crippen molar-refractivity contribution in [1.82, 2.24) is 14.7 Å². The van der Waals surface area contributed by atoms with Crippen LogP contribution in [0.5, 0.6) is 0 Å². The molecule has 21 heavy (non-hydrogen) atoms. The topological polar surface area (TPSA) is 50.6 Å². The number of carbonyl (C=O) groups excluding carboxylic acids is 1. The molecular weight excluding hydrogens is 332 g/mol. The highest BCUT2D eigenvalue weighted by molar-refractivity contribution is 9.10. The predicted octanol–water partition coefficient (Wildman–Crippen LogP) is 2.31. The van der Waals surface area contributed by atoms with E-state index in [0.29, 0.717) is 26.2 Å². The molecule has 0 saturated carbocycles. The second kappa shape index (κ2) is 6.92. The van der Waals surface area contributed by atoms with E-state index in [4.69, 9.17) is 0 Å². The summed E-state index contributed by atoms with van der Waals surface area (Å²) >= 11 is 3.44. The largest absolute Gasteiger partial charge is 0.331 e. The summed E-state index contributed by atoms with van der Waals surface area (Å²) in [7, 11) is 3.52. The molecule has 0 bridgehead atoms. The molecule has 2 rings (SSSR count). The molecule has 6 heteroatoms. The average Bonchev–Trinajstić information content (AvgIpc) is 2.48. The third-order valence-corrected chi connectivity index (χ3v) is 4.11. The molecule has 0 aromatic heterocycles. The van der Waals surface area contributed by atoms with Crippen LogP contribution in [0.15, 0.2) is 28.7 Å². The lowest BCUT2D eigenvalue weighted by molar-refractivity contribution is 0.111. The van der Waals surface area contributed by atoms with Gasteiger partial charge in [-0.05, 0) is 17.7 Å². The van der Waals surface area contributed by atoms with Gasteiger partial charge in [-0.15, -0.1) is 0 Å². The maximum atomic E-state index is 11.9. The van der Waals surface area contributed by atoms with Gasteiger partial charge in [0.1, 0.15) is 6.04 Å². The van der Waals surface area contributed by atoms with Crippen LogP contribution in [0.25, 0.3) is 0 Å². The van der Waals surface area contributed by atoms with Crippen molar-refractivity contribution in [3.8, 4) is 6.07 Å². The molecule has 2 amide bonds. The van der Waals surface area contributed by atoms with Crippen LogP contribution < -0.4 is 0 Å². The summed E-state index contributed by atoms with van der Waals surface area (Å²) in [6.45, 7) is 2.74. The number of nitrogens with zero attached hydrogens (tertiary/aromatic N) is 4. The lowest BCUT2D eigenvalue weighted by Crippen LogP contribution is -2.52. The van der Waals surface area contributed by atoms with Gasteiger partial charge in [0.15, 0.2) is 0 Å². The molecule has 5 nitrogen and oxygen atoms in total. The summed E-state index contributed by atoms with van der Waals surface area (Å²) in [5.41, 5.74) is 0.985.